The number of ether oxygens (including phenoxy) is 1. The summed E-state index contributed by atoms with van der Waals surface area (Å²) in [6.07, 6.45) is 1.39. The number of H-pyrrole nitrogens is 1. The van der Waals surface area contributed by atoms with Crippen LogP contribution in [-0.2, 0) is 16.6 Å². The number of rotatable bonds is 7. The number of nitrogens with zero attached hydrogens (tertiary/aromatic N) is 3. The molecule has 7 nitrogen and oxygen atoms in total. The van der Waals surface area contributed by atoms with Gasteiger partial charge in [0.1, 0.15) is 11.6 Å². The lowest BCUT2D eigenvalue weighted by Gasteiger charge is -2.20. The summed E-state index contributed by atoms with van der Waals surface area (Å²) in [5, 5.41) is 7.32. The van der Waals surface area contributed by atoms with E-state index in [2.05, 4.69) is 10.2 Å². The molecule has 2 heterocycles. The van der Waals surface area contributed by atoms with Crippen molar-refractivity contribution in [1.29, 1.82) is 0 Å². The van der Waals surface area contributed by atoms with Crippen LogP contribution in [0.15, 0.2) is 30.3 Å². The number of aromatic nitrogens is 2. The maximum absolute atomic E-state index is 12.9. The van der Waals surface area contributed by atoms with Gasteiger partial charge in [0.2, 0.25) is 0 Å². The fourth-order valence-electron chi connectivity index (χ4n) is 2.94. The Morgan fingerprint density at radius 2 is 2.08 bits per heavy atom. The fraction of sp³-hybridized carbons (Fsp3) is 0.471. The van der Waals surface area contributed by atoms with Crippen LogP contribution in [0.4, 0.5) is 4.39 Å². The van der Waals surface area contributed by atoms with Gasteiger partial charge in [0.05, 0.1) is 12.3 Å². The van der Waals surface area contributed by atoms with Crippen molar-refractivity contribution in [3.8, 4) is 5.75 Å². The maximum atomic E-state index is 12.9. The molecule has 9 heteroatoms. The molecule has 0 unspecified atom stereocenters. The Kier molecular flexibility index (Phi) is 5.59. The largest absolute Gasteiger partial charge is 0.493 e. The van der Waals surface area contributed by atoms with Gasteiger partial charge in [-0.3, -0.25) is 5.10 Å². The van der Waals surface area contributed by atoms with Crippen LogP contribution in [0, 0.1) is 5.82 Å². The number of halogens is 1. The van der Waals surface area contributed by atoms with E-state index >= 15 is 0 Å². The fourth-order valence-corrected chi connectivity index (χ4v) is 4.10. The SMILES string of the molecule is CN(C)S(=O)(=O)N1CC[C@H](c2cc(CCOc3ccc(F)cc3)[nH]n2)C1. The second kappa shape index (κ2) is 7.73. The van der Waals surface area contributed by atoms with Gasteiger partial charge in [-0.25, -0.2) is 4.39 Å². The molecule has 1 aromatic carbocycles. The molecule has 2 aromatic rings. The van der Waals surface area contributed by atoms with E-state index in [1.807, 2.05) is 6.07 Å². The van der Waals surface area contributed by atoms with Gasteiger partial charge in [0.15, 0.2) is 0 Å². The normalized spacial score (nSPS) is 18.5. The van der Waals surface area contributed by atoms with E-state index in [9.17, 15) is 12.8 Å². The second-order valence-electron chi connectivity index (χ2n) is 6.50. The summed E-state index contributed by atoms with van der Waals surface area (Å²) in [6.45, 7) is 1.39. The third-order valence-electron chi connectivity index (χ3n) is 4.46. The average molecular weight is 382 g/mol. The predicted octanol–water partition coefficient (Wildman–Crippen LogP) is 1.77. The minimum atomic E-state index is -3.38. The molecular formula is C17H23FN4O3S. The van der Waals surface area contributed by atoms with Gasteiger partial charge < -0.3 is 4.74 Å². The zero-order chi connectivity index (χ0) is 18.7. The van der Waals surface area contributed by atoms with E-state index in [1.54, 1.807) is 12.1 Å². The van der Waals surface area contributed by atoms with Crippen LogP contribution in [0.3, 0.4) is 0 Å². The Labute approximate surface area is 152 Å². The number of nitrogens with one attached hydrogen (secondary N) is 1. The van der Waals surface area contributed by atoms with E-state index in [0.717, 1.165) is 17.8 Å². The van der Waals surface area contributed by atoms with Crippen LogP contribution >= 0.6 is 0 Å². The van der Waals surface area contributed by atoms with Crippen molar-refractivity contribution in [2.45, 2.75) is 18.8 Å². The van der Waals surface area contributed by atoms with Crippen molar-refractivity contribution >= 4 is 10.2 Å². The molecule has 1 N–H and O–H groups in total. The predicted molar refractivity (Wildman–Crippen MR) is 95.7 cm³/mol. The molecule has 0 aliphatic carbocycles. The number of hydrogen-bond donors (Lipinski definition) is 1. The number of benzene rings is 1. The van der Waals surface area contributed by atoms with Crippen LogP contribution in [-0.4, -0.2) is 61.0 Å². The quantitative estimate of drug-likeness (QED) is 0.792. The van der Waals surface area contributed by atoms with Crippen LogP contribution < -0.4 is 4.74 Å². The highest BCUT2D eigenvalue weighted by molar-refractivity contribution is 7.86. The van der Waals surface area contributed by atoms with Crippen molar-refractivity contribution in [1.82, 2.24) is 18.8 Å². The Balaban J connectivity index is 1.53. The van der Waals surface area contributed by atoms with Crippen molar-refractivity contribution in [3.05, 3.63) is 47.5 Å². The molecule has 26 heavy (non-hydrogen) atoms. The molecule has 1 aromatic heterocycles. The van der Waals surface area contributed by atoms with Gasteiger partial charge in [0.25, 0.3) is 10.2 Å². The smallest absolute Gasteiger partial charge is 0.281 e. The molecule has 0 radical (unpaired) electrons. The molecule has 142 valence electrons. The first-order chi connectivity index (χ1) is 12.4. The van der Waals surface area contributed by atoms with Gasteiger partial charge >= 0.3 is 0 Å². The Bertz CT molecular complexity index is 836. The summed E-state index contributed by atoms with van der Waals surface area (Å²) in [6, 6.07) is 7.86. The summed E-state index contributed by atoms with van der Waals surface area (Å²) >= 11 is 0. The highest BCUT2D eigenvalue weighted by atomic mass is 32.2. The maximum Gasteiger partial charge on any atom is 0.281 e. The summed E-state index contributed by atoms with van der Waals surface area (Å²) < 4.78 is 45.6. The van der Waals surface area contributed by atoms with E-state index in [1.165, 1.54) is 34.8 Å². The van der Waals surface area contributed by atoms with Crippen LogP contribution in [0.1, 0.15) is 23.7 Å². The molecule has 3 rings (SSSR count). The third kappa shape index (κ3) is 4.22. The van der Waals surface area contributed by atoms with Crippen LogP contribution in [0.25, 0.3) is 0 Å². The molecule has 0 saturated carbocycles. The first kappa shape index (κ1) is 18.8. The van der Waals surface area contributed by atoms with Crippen LogP contribution in [0.5, 0.6) is 5.75 Å². The zero-order valence-electron chi connectivity index (χ0n) is 14.9. The Hall–Kier alpha value is -1.97. The molecule has 1 atom stereocenters. The first-order valence-electron chi connectivity index (χ1n) is 8.46. The highest BCUT2D eigenvalue weighted by Crippen LogP contribution is 2.28. The third-order valence-corrected chi connectivity index (χ3v) is 6.37. The summed E-state index contributed by atoms with van der Waals surface area (Å²) in [4.78, 5) is 0. The number of aromatic amines is 1. The lowest BCUT2D eigenvalue weighted by molar-refractivity contribution is 0.320. The summed E-state index contributed by atoms with van der Waals surface area (Å²) in [5.74, 6) is 0.414. The highest BCUT2D eigenvalue weighted by Gasteiger charge is 2.34. The summed E-state index contributed by atoms with van der Waals surface area (Å²) in [5.41, 5.74) is 1.80. The molecule has 0 spiro atoms. The van der Waals surface area contributed by atoms with Crippen molar-refractivity contribution < 1.29 is 17.5 Å². The summed E-state index contributed by atoms with van der Waals surface area (Å²) in [7, 11) is -0.300. The van der Waals surface area contributed by atoms with Gasteiger partial charge in [-0.2, -0.15) is 22.1 Å². The minimum absolute atomic E-state index is 0.0905. The second-order valence-corrected chi connectivity index (χ2v) is 8.65. The molecular weight excluding hydrogens is 359 g/mol. The Morgan fingerprint density at radius 3 is 2.77 bits per heavy atom. The minimum Gasteiger partial charge on any atom is -0.493 e. The lowest BCUT2D eigenvalue weighted by Crippen LogP contribution is -2.38. The standard InChI is InChI=1S/C17H23FN4O3S/c1-21(2)26(23,24)22-9-7-13(12-22)17-11-15(19-20-17)8-10-25-16-5-3-14(18)4-6-16/h3-6,11,13H,7-10,12H2,1-2H3,(H,19,20)/t13-/m0/s1. The van der Waals surface area contributed by atoms with Gasteiger partial charge in [0, 0.05) is 45.2 Å². The van der Waals surface area contributed by atoms with Gasteiger partial charge in [-0.05, 0) is 36.8 Å². The van der Waals surface area contributed by atoms with Gasteiger partial charge in [-0.1, -0.05) is 0 Å². The topological polar surface area (TPSA) is 78.5 Å². The molecule has 1 aliphatic rings. The molecule has 1 fully saturated rings. The molecule has 0 bridgehead atoms. The monoisotopic (exact) mass is 382 g/mol. The van der Waals surface area contributed by atoms with Gasteiger partial charge in [-0.15, -0.1) is 0 Å². The number of hydrogen-bond acceptors (Lipinski definition) is 4. The van der Waals surface area contributed by atoms with E-state index in [0.29, 0.717) is 31.9 Å². The average Bonchev–Trinajstić information content (AvgIpc) is 3.26. The Morgan fingerprint density at radius 1 is 1.35 bits per heavy atom. The van der Waals surface area contributed by atoms with Crippen molar-refractivity contribution in [3.63, 3.8) is 0 Å². The molecule has 1 aliphatic heterocycles. The van der Waals surface area contributed by atoms with Crippen molar-refractivity contribution in [2.75, 3.05) is 33.8 Å². The van der Waals surface area contributed by atoms with E-state index in [4.69, 9.17) is 4.74 Å². The van der Waals surface area contributed by atoms with E-state index < -0.39 is 10.2 Å². The zero-order valence-corrected chi connectivity index (χ0v) is 15.7. The van der Waals surface area contributed by atoms with Crippen molar-refractivity contribution in [2.24, 2.45) is 0 Å². The lowest BCUT2D eigenvalue weighted by atomic mass is 10.0. The molecule has 0 amide bonds. The van der Waals surface area contributed by atoms with E-state index in [-0.39, 0.29) is 11.7 Å². The first-order valence-corrected chi connectivity index (χ1v) is 9.86. The molecule has 1 saturated heterocycles. The van der Waals surface area contributed by atoms with Crippen LogP contribution in [0.2, 0.25) is 0 Å².